The Balaban J connectivity index is 0.821. The summed E-state index contributed by atoms with van der Waals surface area (Å²) in [7, 11) is 2.72. The highest BCUT2D eigenvalue weighted by Crippen LogP contribution is 2.83. The van der Waals surface area contributed by atoms with Gasteiger partial charge in [-0.3, -0.25) is 9.59 Å². The number of piperidine rings is 1. The molecule has 29 unspecified atom stereocenters. The Morgan fingerprint density at radius 2 is 1.74 bits per heavy atom. The lowest BCUT2D eigenvalue weighted by atomic mass is 9.30. The molecule has 4 saturated heterocycles. The number of nitrogens with zero attached hydrogens (tertiary/aromatic N) is 1. The van der Waals surface area contributed by atoms with Crippen LogP contribution in [0.1, 0.15) is 162 Å². The smallest absolute Gasteiger partial charge is 0.234 e. The minimum Gasteiger partial charge on any atom is -0.508 e. The van der Waals surface area contributed by atoms with Gasteiger partial charge < -0.3 is 65.3 Å². The number of carbonyl (C=O) groups excluding carboxylic acids is 2. The third-order valence-corrected chi connectivity index (χ3v) is 35.1. The van der Waals surface area contributed by atoms with Crippen molar-refractivity contribution in [2.75, 3.05) is 43.6 Å². The first-order valence-corrected chi connectivity index (χ1v) is 40.1. The average molecular weight is 1350 g/mol. The zero-order valence-electron chi connectivity index (χ0n) is 56.7. The highest BCUT2D eigenvalue weighted by Gasteiger charge is 2.86. The number of aromatic hydroxyl groups is 1. The number of phenolic OH excluding ortho intramolecular Hbond substituents is 1. The maximum absolute atomic E-state index is 17.3. The molecular weight excluding hydrogens is 1250 g/mol. The molecule has 1 aromatic rings. The van der Waals surface area contributed by atoms with Crippen molar-refractivity contribution in [2.24, 2.45) is 109 Å². The number of hydrogen-bond donors (Lipinski definition) is 9. The van der Waals surface area contributed by atoms with Gasteiger partial charge in [0.1, 0.15) is 28.5 Å². The predicted octanol–water partition coefficient (Wildman–Crippen LogP) is 9.31. The number of fused-ring (bicyclic) bond motifs is 8. The molecule has 11 fully saturated rings. The number of hydrogen-bond acceptors (Lipinski definition) is 16. The van der Waals surface area contributed by atoms with Crippen molar-refractivity contribution in [2.45, 2.75) is 227 Å². The molecule has 13 bridgehead atoms. The fourth-order valence-corrected chi connectivity index (χ4v) is 31.5. The van der Waals surface area contributed by atoms with Crippen LogP contribution >= 0.6 is 21.6 Å². The Hall–Kier alpha value is -3.06. The molecule has 1 amide bonds. The van der Waals surface area contributed by atoms with Gasteiger partial charge in [0.25, 0.3) is 0 Å². The molecule has 17 heteroatoms. The van der Waals surface area contributed by atoms with Crippen molar-refractivity contribution in [1.82, 2.24) is 5.32 Å². The second kappa shape index (κ2) is 22.2. The molecular formula is C79H104N2O13S2. The zero-order chi connectivity index (χ0) is 66.3. The van der Waals surface area contributed by atoms with E-state index in [-0.39, 0.29) is 109 Å². The second-order valence-corrected chi connectivity index (χ2v) is 37.8. The number of carbonyl (C=O) groups is 2. The van der Waals surface area contributed by atoms with E-state index >= 15 is 9.59 Å². The number of epoxide rings is 1. The Morgan fingerprint density at radius 1 is 0.896 bits per heavy atom. The summed E-state index contributed by atoms with van der Waals surface area (Å²) in [5.41, 5.74) is -11.0. The van der Waals surface area contributed by atoms with E-state index in [1.165, 1.54) is 27.2 Å². The lowest BCUT2D eigenvalue weighted by molar-refractivity contribution is -0.317. The van der Waals surface area contributed by atoms with E-state index in [1.54, 1.807) is 18.2 Å². The van der Waals surface area contributed by atoms with E-state index in [4.69, 9.17) is 14.2 Å². The quantitative estimate of drug-likeness (QED) is 0.0577. The molecule has 0 radical (unpaired) electrons. The van der Waals surface area contributed by atoms with Crippen molar-refractivity contribution < 1.29 is 64.7 Å². The molecule has 15 nitrogen and oxygen atoms in total. The topological polar surface area (TPSA) is 242 Å². The number of ether oxygens (including phenoxy) is 3. The third-order valence-electron chi connectivity index (χ3n) is 32.5. The molecule has 0 aromatic heterocycles. The number of allylic oxidation sites excluding steroid dienone is 3. The number of aliphatic hydroxyl groups excluding tert-OH is 4. The van der Waals surface area contributed by atoms with Crippen molar-refractivity contribution in [3.8, 4) is 17.6 Å². The summed E-state index contributed by atoms with van der Waals surface area (Å²) in [5.74, 6) is 5.66. The summed E-state index contributed by atoms with van der Waals surface area (Å²) >= 11 is 0. The van der Waals surface area contributed by atoms with Gasteiger partial charge in [0, 0.05) is 89.3 Å². The predicted molar refractivity (Wildman–Crippen MR) is 365 cm³/mol. The summed E-state index contributed by atoms with van der Waals surface area (Å²) in [5, 5.41) is 112. The molecule has 9 aliphatic heterocycles. The van der Waals surface area contributed by atoms with Crippen LogP contribution in [0.15, 0.2) is 65.8 Å². The Kier molecular flexibility index (Phi) is 15.1. The largest absolute Gasteiger partial charge is 0.508 e. The van der Waals surface area contributed by atoms with E-state index in [2.05, 4.69) is 75.2 Å². The first-order chi connectivity index (χ1) is 46.1. The molecule has 9 N–H and O–H groups in total. The number of ketones is 1. The minimum atomic E-state index is -1.81. The van der Waals surface area contributed by atoms with E-state index in [1.807, 2.05) is 11.0 Å². The maximum atomic E-state index is 17.3. The Bertz CT molecular complexity index is 3590. The molecule has 7 saturated carbocycles. The molecule has 20 rings (SSSR count). The first kappa shape index (κ1) is 65.0. The molecule has 520 valence electrons. The summed E-state index contributed by atoms with van der Waals surface area (Å²) in [6.45, 7) is 8.91. The molecule has 6 spiro atoms. The molecule has 1 aromatic carbocycles. The second-order valence-electron chi connectivity index (χ2n) is 35.3. The highest BCUT2D eigenvalue weighted by atomic mass is 33.1. The van der Waals surface area contributed by atoms with Crippen molar-refractivity contribution in [3.05, 3.63) is 71.4 Å². The van der Waals surface area contributed by atoms with Crippen LogP contribution in [0.4, 0.5) is 5.69 Å². The maximum Gasteiger partial charge on any atom is 0.234 e. The minimum absolute atomic E-state index is 0.0189. The van der Waals surface area contributed by atoms with Crippen LogP contribution in [0.2, 0.25) is 0 Å². The average Bonchev–Trinajstić information content (AvgIpc) is 1.09. The van der Waals surface area contributed by atoms with Gasteiger partial charge in [0.05, 0.1) is 54.1 Å². The van der Waals surface area contributed by atoms with Crippen LogP contribution in [0.5, 0.6) is 5.75 Å². The molecule has 10 aliphatic carbocycles. The monoisotopic (exact) mass is 1350 g/mol. The fraction of sp³-hybridized carbons (Fsp3) is 0.772. The highest BCUT2D eigenvalue weighted by molar-refractivity contribution is 8.76. The number of anilines is 1. The van der Waals surface area contributed by atoms with Gasteiger partial charge in [-0.2, -0.15) is 0 Å². The SMILES string of the molecule is CC(C)C(C)C1OC1C1(O)CC=CC2CC3C4=CC(=O)C5(CC6OCCC7CCCC7(C6(O)CO)C35C)C(O)SSCC3CCCC(CO)C35C(=O)N(CC53CC5C#CCC6CCC7(C6)NC(CC6C=C8C=CCOC8CC67)C5C3O)c3cc(O)cc(c3)CCC23C1CCC43O. The Morgan fingerprint density at radius 3 is 2.56 bits per heavy atom. The standard InChI is InChI=1S/C79H104N2O13S2/c1-43(2)44(3)65-67(94-65)75(89)21-7-16-51-32-57-58-35-62(85)74(38-63-78(91,42-83)76(70(57,74)4)22-8-15-50(76)20-27-93-63)69(88)96-95-40-53-14-6-13-52(39-82)79(53)68(87)81(54-28-46(29-55(84)33-54)18-24-73(51)61(75)19-25-77(58,73)90)41-71(79)37-48-11-5-10-45-17-23-72(36-45)56-34-60-47(12-9-26-92-60)30-49(56)31-59(80-72)64(48)66(71)86/h7,9,12,16,28-30,33,35,43-45,48-53,56-57,59-61,63-67,69,80,82-84,86,88-91H,6,8,10,13-15,17-27,31-32,34,36-42H2,1-4H3. The van der Waals surface area contributed by atoms with E-state index in [9.17, 15) is 40.9 Å². The molecule has 29 atom stereocenters. The van der Waals surface area contributed by atoms with Crippen LogP contribution in [-0.2, 0) is 30.2 Å². The van der Waals surface area contributed by atoms with Crippen LogP contribution in [0.3, 0.4) is 0 Å². The first-order valence-electron chi connectivity index (χ1n) is 37.7. The lowest BCUT2D eigenvalue weighted by Crippen LogP contribution is -2.80. The van der Waals surface area contributed by atoms with Gasteiger partial charge in [0.2, 0.25) is 5.91 Å². The van der Waals surface area contributed by atoms with E-state index < -0.39 is 103 Å². The zero-order valence-corrected chi connectivity index (χ0v) is 58.4. The summed E-state index contributed by atoms with van der Waals surface area (Å²) in [4.78, 5) is 36.1. The van der Waals surface area contributed by atoms with E-state index in [0.29, 0.717) is 106 Å². The summed E-state index contributed by atoms with van der Waals surface area (Å²) in [6.07, 6.45) is 22.9. The lowest BCUT2D eigenvalue weighted by Gasteiger charge is -2.75. The van der Waals surface area contributed by atoms with Crippen molar-refractivity contribution in [1.29, 1.82) is 0 Å². The number of benzene rings is 1. The number of aliphatic hydroxyl groups is 7. The number of nitrogens with one attached hydrogen (secondary N) is 1. The number of rotatable bonds is 5. The third kappa shape index (κ3) is 8.02. The van der Waals surface area contributed by atoms with Crippen LogP contribution in [0.25, 0.3) is 0 Å². The van der Waals surface area contributed by atoms with Crippen LogP contribution in [-0.4, -0.2) is 156 Å². The molecule has 96 heavy (non-hydrogen) atoms. The normalized spacial score (nSPS) is 53.4. The Labute approximate surface area is 574 Å². The summed E-state index contributed by atoms with van der Waals surface area (Å²) in [6, 6.07) is 5.38. The number of amides is 1. The van der Waals surface area contributed by atoms with Gasteiger partial charge in [-0.1, -0.05) is 98.4 Å². The van der Waals surface area contributed by atoms with Gasteiger partial charge in [0.15, 0.2) is 5.78 Å². The van der Waals surface area contributed by atoms with Crippen molar-refractivity contribution in [3.63, 3.8) is 0 Å². The van der Waals surface area contributed by atoms with Crippen LogP contribution in [0, 0.1) is 121 Å². The number of phenols is 1. The summed E-state index contributed by atoms with van der Waals surface area (Å²) < 4.78 is 20.0. The van der Waals surface area contributed by atoms with Gasteiger partial charge in [-0.25, -0.2) is 0 Å². The molecule has 9 heterocycles. The number of aryl methyl sites for hydroxylation is 1. The van der Waals surface area contributed by atoms with Gasteiger partial charge >= 0.3 is 0 Å². The van der Waals surface area contributed by atoms with Crippen molar-refractivity contribution >= 4 is 39.0 Å². The fourth-order valence-electron chi connectivity index (χ4n) is 28.5. The van der Waals surface area contributed by atoms with Gasteiger partial charge in [-0.15, -0.1) is 5.92 Å². The van der Waals surface area contributed by atoms with E-state index in [0.717, 1.165) is 63.4 Å². The molecule has 19 aliphatic rings. The van der Waals surface area contributed by atoms with Crippen LogP contribution < -0.4 is 10.2 Å². The van der Waals surface area contributed by atoms with Gasteiger partial charge in [-0.05, 0) is 215 Å².